The van der Waals surface area contributed by atoms with E-state index in [1.54, 1.807) is 0 Å². The number of nitrogens with zero attached hydrogens (tertiary/aromatic N) is 1. The SMILES string of the molecule is CC(C)C1=C2[C@H]3CC[C@@H]4[C@@]5(C)CC[C@H](OC(=O)[C@H]6C[C@@H](C(=O)O)C6(C)C)C(C)(C)[C@@H]5CC[C@@]4(C)[C@]3(C)CC[C@@]2(CC(=O)NCc2ccc3nc(-c4ccccc4)[nH]c3c2)CC1=O. The lowest BCUT2D eigenvalue weighted by atomic mass is 9.33. The molecule has 6 aliphatic rings. The molecule has 1 amide bonds. The molecule has 10 atom stereocenters. The minimum atomic E-state index is -0.833. The zero-order valence-corrected chi connectivity index (χ0v) is 38.6. The van der Waals surface area contributed by atoms with Crippen LogP contribution in [0.2, 0.25) is 0 Å². The van der Waals surface area contributed by atoms with E-state index in [1.807, 2.05) is 56.3 Å². The van der Waals surface area contributed by atoms with E-state index in [0.29, 0.717) is 37.6 Å². The highest BCUT2D eigenvalue weighted by Crippen LogP contribution is 2.77. The summed E-state index contributed by atoms with van der Waals surface area (Å²) in [6.07, 6.45) is 8.83. The number of hydrogen-bond acceptors (Lipinski definition) is 6. The van der Waals surface area contributed by atoms with E-state index in [1.165, 1.54) is 5.57 Å². The van der Waals surface area contributed by atoms with Crippen molar-refractivity contribution in [1.82, 2.24) is 15.3 Å². The average molecular weight is 844 g/mol. The van der Waals surface area contributed by atoms with Crippen LogP contribution in [-0.2, 0) is 30.5 Å². The number of rotatable bonds is 9. The van der Waals surface area contributed by atoms with Crippen molar-refractivity contribution in [2.24, 2.45) is 68.0 Å². The molecule has 332 valence electrons. The highest BCUT2D eigenvalue weighted by molar-refractivity contribution is 6.01. The normalized spacial score (nSPS) is 36.8. The molecule has 1 aromatic heterocycles. The van der Waals surface area contributed by atoms with Gasteiger partial charge in [0.15, 0.2) is 5.78 Å². The summed E-state index contributed by atoms with van der Waals surface area (Å²) in [6, 6.07) is 16.2. The number of carbonyl (C=O) groups is 4. The highest BCUT2D eigenvalue weighted by atomic mass is 16.5. The van der Waals surface area contributed by atoms with Crippen LogP contribution in [-0.4, -0.2) is 44.8 Å². The fourth-order valence-electron chi connectivity index (χ4n) is 15.6. The fraction of sp³-hybridized carbons (Fsp3) is 0.642. The van der Waals surface area contributed by atoms with Gasteiger partial charge in [-0.15, -0.1) is 0 Å². The molecule has 9 rings (SSSR count). The van der Waals surface area contributed by atoms with Crippen molar-refractivity contribution in [2.75, 3.05) is 0 Å². The van der Waals surface area contributed by atoms with Crippen LogP contribution in [0.4, 0.5) is 0 Å². The standard InChI is InChI=1S/C53H69N3O6/c1-30(2)43-38(57)27-53(28-42(58)54-29-31-15-17-36-37(25-31)56-45(55-36)32-13-11-10-12-14-32)24-23-51(8)33(44(43)53)16-18-40-50(7)21-20-41(49(5,6)39(50)19-22-52(40,51)9)62-47(61)35-26-34(46(59)60)48(35,3)4/h10-15,17,25,30,33-35,39-41H,16,18-24,26-29H2,1-9H3,(H,54,58)(H,55,56)(H,59,60)/t33-,34+,35-,39+,40-,41+,50+,51-,52-,53+/m1/s1. The maximum atomic E-state index is 14.2. The smallest absolute Gasteiger partial charge is 0.309 e. The van der Waals surface area contributed by atoms with Crippen LogP contribution >= 0.6 is 0 Å². The van der Waals surface area contributed by atoms with Crippen LogP contribution < -0.4 is 5.32 Å². The van der Waals surface area contributed by atoms with E-state index < -0.39 is 22.7 Å². The summed E-state index contributed by atoms with van der Waals surface area (Å²) in [6.45, 7) is 20.8. The Bertz CT molecular complexity index is 2360. The van der Waals surface area contributed by atoms with Gasteiger partial charge in [-0.2, -0.15) is 0 Å². The number of imidazole rings is 1. The molecule has 62 heavy (non-hydrogen) atoms. The van der Waals surface area contributed by atoms with Crippen LogP contribution in [0, 0.1) is 68.0 Å². The largest absolute Gasteiger partial charge is 0.481 e. The molecule has 6 aliphatic carbocycles. The van der Waals surface area contributed by atoms with Crippen molar-refractivity contribution in [3.63, 3.8) is 0 Å². The molecule has 1 heterocycles. The van der Waals surface area contributed by atoms with Gasteiger partial charge < -0.3 is 20.1 Å². The van der Waals surface area contributed by atoms with Crippen molar-refractivity contribution >= 4 is 34.7 Å². The summed E-state index contributed by atoms with van der Waals surface area (Å²) in [7, 11) is 0. The Balaban J connectivity index is 0.926. The first-order chi connectivity index (χ1) is 29.2. The number of benzene rings is 2. The van der Waals surface area contributed by atoms with Gasteiger partial charge in [0.2, 0.25) is 5.91 Å². The van der Waals surface area contributed by atoms with Crippen LogP contribution in [0.5, 0.6) is 0 Å². The maximum absolute atomic E-state index is 14.2. The van der Waals surface area contributed by atoms with Gasteiger partial charge in [-0.1, -0.05) is 104 Å². The minimum absolute atomic E-state index is 0.00813. The molecule has 5 saturated carbocycles. The van der Waals surface area contributed by atoms with Crippen molar-refractivity contribution in [2.45, 2.75) is 146 Å². The predicted molar refractivity (Wildman–Crippen MR) is 240 cm³/mol. The Morgan fingerprint density at radius 1 is 0.855 bits per heavy atom. The molecule has 0 bridgehead atoms. The Hall–Kier alpha value is -4.27. The molecule has 3 aromatic rings. The van der Waals surface area contributed by atoms with Gasteiger partial charge in [-0.25, -0.2) is 4.98 Å². The highest BCUT2D eigenvalue weighted by Gasteiger charge is 2.70. The molecule has 9 nitrogen and oxygen atoms in total. The van der Waals surface area contributed by atoms with Crippen LogP contribution in [0.15, 0.2) is 59.7 Å². The third kappa shape index (κ3) is 6.30. The van der Waals surface area contributed by atoms with E-state index in [-0.39, 0.29) is 63.2 Å². The Labute approximate surface area is 368 Å². The summed E-state index contributed by atoms with van der Waals surface area (Å²) in [5.74, 6) is 0.330. The number of ether oxygens (including phenoxy) is 1. The zero-order chi connectivity index (χ0) is 44.4. The summed E-state index contributed by atoms with van der Waals surface area (Å²) < 4.78 is 6.44. The van der Waals surface area contributed by atoms with Gasteiger partial charge in [-0.05, 0) is 126 Å². The number of carboxylic acids is 1. The molecule has 2 aromatic carbocycles. The summed E-state index contributed by atoms with van der Waals surface area (Å²) in [4.78, 5) is 62.1. The third-order valence-corrected chi connectivity index (χ3v) is 19.2. The van der Waals surface area contributed by atoms with Crippen molar-refractivity contribution in [1.29, 1.82) is 0 Å². The predicted octanol–water partition coefficient (Wildman–Crippen LogP) is 10.9. The van der Waals surface area contributed by atoms with E-state index in [9.17, 15) is 24.3 Å². The first kappa shape index (κ1) is 43.0. The average Bonchev–Trinajstić information content (AvgIpc) is 3.76. The number of hydrogen-bond donors (Lipinski definition) is 3. The lowest BCUT2D eigenvalue weighted by Crippen LogP contribution is -2.66. The molecule has 0 spiro atoms. The van der Waals surface area contributed by atoms with E-state index >= 15 is 0 Å². The maximum Gasteiger partial charge on any atom is 0.309 e. The number of nitrogens with one attached hydrogen (secondary N) is 2. The van der Waals surface area contributed by atoms with E-state index in [0.717, 1.165) is 84.9 Å². The van der Waals surface area contributed by atoms with Gasteiger partial charge in [-0.3, -0.25) is 19.2 Å². The number of aromatic amines is 1. The molecular weight excluding hydrogens is 775 g/mol. The number of allylic oxidation sites excluding steroid dienone is 2. The zero-order valence-electron chi connectivity index (χ0n) is 38.6. The Kier molecular flexibility index (Phi) is 10.1. The van der Waals surface area contributed by atoms with Crippen LogP contribution in [0.3, 0.4) is 0 Å². The number of carbonyl (C=O) groups excluding carboxylic acids is 3. The third-order valence-electron chi connectivity index (χ3n) is 19.2. The Morgan fingerprint density at radius 2 is 1.60 bits per heavy atom. The number of fused-ring (bicyclic) bond motifs is 8. The number of aromatic nitrogens is 2. The summed E-state index contributed by atoms with van der Waals surface area (Å²) in [5, 5.41) is 13.0. The first-order valence-corrected chi connectivity index (χ1v) is 23.7. The minimum Gasteiger partial charge on any atom is -0.481 e. The number of H-pyrrole nitrogens is 1. The lowest BCUT2D eigenvalue weighted by molar-refractivity contribution is -0.236. The number of aliphatic carboxylic acids is 1. The molecular formula is C53H69N3O6. The van der Waals surface area contributed by atoms with Crippen LogP contribution in [0.25, 0.3) is 22.4 Å². The van der Waals surface area contributed by atoms with Gasteiger partial charge in [0.05, 0.1) is 22.9 Å². The molecule has 0 radical (unpaired) electrons. The van der Waals surface area contributed by atoms with E-state index in [2.05, 4.69) is 64.8 Å². The number of carboxylic acid groups (broad SMARTS) is 1. The first-order valence-electron chi connectivity index (χ1n) is 23.7. The Morgan fingerprint density at radius 3 is 2.29 bits per heavy atom. The number of ketones is 1. The van der Waals surface area contributed by atoms with Gasteiger partial charge in [0.25, 0.3) is 0 Å². The molecule has 0 saturated heterocycles. The van der Waals surface area contributed by atoms with Gasteiger partial charge >= 0.3 is 11.9 Å². The monoisotopic (exact) mass is 844 g/mol. The second kappa shape index (κ2) is 14.6. The second-order valence-electron chi connectivity index (χ2n) is 23.0. The molecule has 0 aliphatic heterocycles. The number of esters is 1. The number of amides is 1. The van der Waals surface area contributed by atoms with Crippen LogP contribution in [0.1, 0.15) is 139 Å². The molecule has 3 N–H and O–H groups in total. The fourth-order valence-corrected chi connectivity index (χ4v) is 15.6. The molecule has 9 heteroatoms. The number of Topliss-reactive ketones (excluding diaryl/α,β-unsaturated/α-hetero) is 1. The molecule has 0 unspecified atom stereocenters. The van der Waals surface area contributed by atoms with E-state index in [4.69, 9.17) is 9.72 Å². The summed E-state index contributed by atoms with van der Waals surface area (Å²) >= 11 is 0. The lowest BCUT2D eigenvalue weighted by Gasteiger charge is -2.72. The van der Waals surface area contributed by atoms with Crippen molar-refractivity contribution in [3.8, 4) is 11.4 Å². The van der Waals surface area contributed by atoms with Crippen molar-refractivity contribution < 1.29 is 29.0 Å². The quantitative estimate of drug-likeness (QED) is 0.182. The second-order valence-corrected chi connectivity index (χ2v) is 23.0. The summed E-state index contributed by atoms with van der Waals surface area (Å²) in [5.41, 5.74) is 4.98. The topological polar surface area (TPSA) is 138 Å². The van der Waals surface area contributed by atoms with Crippen molar-refractivity contribution in [3.05, 3.63) is 65.2 Å². The van der Waals surface area contributed by atoms with Gasteiger partial charge in [0, 0.05) is 35.8 Å². The van der Waals surface area contributed by atoms with Gasteiger partial charge in [0.1, 0.15) is 11.9 Å². The molecule has 5 fully saturated rings.